The summed E-state index contributed by atoms with van der Waals surface area (Å²) in [5.74, 6) is 0.0641. The Morgan fingerprint density at radius 1 is 1.26 bits per heavy atom. The molecule has 0 aliphatic rings. The van der Waals surface area contributed by atoms with Gasteiger partial charge in [0.25, 0.3) is 0 Å². The number of carbonyl (C=O) groups is 1. The molecule has 3 nitrogen and oxygen atoms in total. The number of benzene rings is 1. The van der Waals surface area contributed by atoms with E-state index in [0.29, 0.717) is 16.3 Å². The summed E-state index contributed by atoms with van der Waals surface area (Å²) in [5.41, 5.74) is 1.21. The van der Waals surface area contributed by atoms with E-state index in [1.165, 1.54) is 7.11 Å². The van der Waals surface area contributed by atoms with Crippen molar-refractivity contribution in [3.05, 3.63) is 28.3 Å². The average Bonchev–Trinajstić information content (AvgIpc) is 2.28. The van der Waals surface area contributed by atoms with E-state index >= 15 is 0 Å². The monoisotopic (exact) mass is 284 g/mol. The highest BCUT2D eigenvalue weighted by Gasteiger charge is 2.22. The number of esters is 1. The van der Waals surface area contributed by atoms with E-state index in [2.05, 4.69) is 20.8 Å². The number of ether oxygens (including phenoxy) is 2. The molecule has 4 heteroatoms. The van der Waals surface area contributed by atoms with E-state index in [0.717, 1.165) is 5.56 Å². The maximum absolute atomic E-state index is 11.8. The van der Waals surface area contributed by atoms with Crippen molar-refractivity contribution in [1.82, 2.24) is 0 Å². The largest absolute Gasteiger partial charge is 0.489 e. The van der Waals surface area contributed by atoms with Gasteiger partial charge in [0.1, 0.15) is 5.75 Å². The molecule has 0 N–H and O–H groups in total. The lowest BCUT2D eigenvalue weighted by Crippen LogP contribution is -2.15. The van der Waals surface area contributed by atoms with Crippen LogP contribution in [0.4, 0.5) is 0 Å². The predicted octanol–water partition coefficient (Wildman–Crippen LogP) is 4.21. The zero-order valence-corrected chi connectivity index (χ0v) is 13.1. The molecule has 106 valence electrons. The Balaban J connectivity index is 3.42. The Bertz CT molecular complexity index is 473. The molecule has 1 rings (SSSR count). The molecule has 0 aliphatic carbocycles. The highest BCUT2D eigenvalue weighted by atomic mass is 35.5. The lowest BCUT2D eigenvalue weighted by molar-refractivity contribution is 0.0600. The Morgan fingerprint density at radius 3 is 2.26 bits per heavy atom. The lowest BCUT2D eigenvalue weighted by atomic mass is 9.86. The molecule has 0 radical (unpaired) electrons. The molecule has 0 unspecified atom stereocenters. The highest BCUT2D eigenvalue weighted by Crippen LogP contribution is 2.35. The Kier molecular flexibility index (Phi) is 4.86. The number of methoxy groups -OCH3 is 1. The van der Waals surface area contributed by atoms with E-state index in [9.17, 15) is 4.79 Å². The number of hydrogen-bond donors (Lipinski definition) is 0. The summed E-state index contributed by atoms with van der Waals surface area (Å²) in [6.07, 6.45) is -0.0155. The van der Waals surface area contributed by atoms with Crippen LogP contribution in [0.5, 0.6) is 5.75 Å². The van der Waals surface area contributed by atoms with Gasteiger partial charge in [-0.1, -0.05) is 32.4 Å². The summed E-state index contributed by atoms with van der Waals surface area (Å²) >= 11 is 6.22. The third-order valence-electron chi connectivity index (χ3n) is 2.67. The summed E-state index contributed by atoms with van der Waals surface area (Å²) in [7, 11) is 1.34. The zero-order valence-electron chi connectivity index (χ0n) is 12.3. The van der Waals surface area contributed by atoms with E-state index in [-0.39, 0.29) is 11.5 Å². The van der Waals surface area contributed by atoms with Crippen molar-refractivity contribution in [3.8, 4) is 5.75 Å². The summed E-state index contributed by atoms with van der Waals surface area (Å²) in [5, 5.41) is 0.300. The summed E-state index contributed by atoms with van der Waals surface area (Å²) in [4.78, 5) is 11.8. The van der Waals surface area contributed by atoms with E-state index in [1.54, 1.807) is 6.07 Å². The molecule has 0 aromatic heterocycles. The van der Waals surface area contributed by atoms with Crippen LogP contribution in [0.3, 0.4) is 0 Å². The molecule has 0 saturated carbocycles. The van der Waals surface area contributed by atoms with Gasteiger partial charge in [-0.25, -0.2) is 4.79 Å². The maximum atomic E-state index is 11.8. The molecule has 1 aromatic carbocycles. The molecule has 0 atom stereocenters. The molecule has 1 aromatic rings. The van der Waals surface area contributed by atoms with Gasteiger partial charge in [-0.05, 0) is 37.0 Å². The summed E-state index contributed by atoms with van der Waals surface area (Å²) < 4.78 is 10.4. The molecular weight excluding hydrogens is 264 g/mol. The van der Waals surface area contributed by atoms with E-state index in [1.807, 2.05) is 19.9 Å². The molecule has 0 saturated heterocycles. The van der Waals surface area contributed by atoms with Gasteiger partial charge in [-0.2, -0.15) is 0 Å². The van der Waals surface area contributed by atoms with Gasteiger partial charge in [-0.15, -0.1) is 0 Å². The number of halogens is 1. The van der Waals surface area contributed by atoms with Crippen LogP contribution in [0.25, 0.3) is 0 Å². The fourth-order valence-electron chi connectivity index (χ4n) is 1.63. The van der Waals surface area contributed by atoms with Gasteiger partial charge in [0.2, 0.25) is 0 Å². The second-order valence-electron chi connectivity index (χ2n) is 5.74. The first-order valence-corrected chi connectivity index (χ1v) is 6.63. The minimum atomic E-state index is -0.454. The fourth-order valence-corrected chi connectivity index (χ4v) is 1.86. The van der Waals surface area contributed by atoms with Crippen molar-refractivity contribution in [1.29, 1.82) is 0 Å². The lowest BCUT2D eigenvalue weighted by Gasteiger charge is -2.22. The minimum absolute atomic E-state index is 0.0155. The van der Waals surface area contributed by atoms with Crippen LogP contribution < -0.4 is 4.74 Å². The van der Waals surface area contributed by atoms with Crippen LogP contribution in [0.15, 0.2) is 12.1 Å². The van der Waals surface area contributed by atoms with Gasteiger partial charge < -0.3 is 9.47 Å². The van der Waals surface area contributed by atoms with Crippen molar-refractivity contribution in [2.45, 2.75) is 46.1 Å². The quantitative estimate of drug-likeness (QED) is 0.780. The Morgan fingerprint density at radius 2 is 1.84 bits per heavy atom. The van der Waals surface area contributed by atoms with Gasteiger partial charge in [0.05, 0.1) is 23.8 Å². The van der Waals surface area contributed by atoms with Gasteiger partial charge in [0, 0.05) is 0 Å². The first-order valence-electron chi connectivity index (χ1n) is 6.25. The second-order valence-corrected chi connectivity index (χ2v) is 6.12. The predicted molar refractivity (Wildman–Crippen MR) is 77.3 cm³/mol. The van der Waals surface area contributed by atoms with E-state index in [4.69, 9.17) is 21.1 Å². The standard InChI is InChI=1S/C15H21ClO3/c1-9(2)19-12-8-10(15(3,4)5)7-11(13(12)16)14(17)18-6/h7-9H,1-6H3. The third-order valence-corrected chi connectivity index (χ3v) is 3.06. The van der Waals surface area contributed by atoms with Crippen LogP contribution in [-0.4, -0.2) is 19.2 Å². The topological polar surface area (TPSA) is 35.5 Å². The minimum Gasteiger partial charge on any atom is -0.489 e. The number of carbonyl (C=O) groups excluding carboxylic acids is 1. The smallest absolute Gasteiger partial charge is 0.339 e. The molecule has 0 heterocycles. The first-order chi connectivity index (χ1) is 8.66. The second kappa shape index (κ2) is 5.83. The molecule has 0 aliphatic heterocycles. The zero-order chi connectivity index (χ0) is 14.8. The number of hydrogen-bond acceptors (Lipinski definition) is 3. The summed E-state index contributed by atoms with van der Waals surface area (Å²) in [6, 6.07) is 3.65. The van der Waals surface area contributed by atoms with Crippen molar-refractivity contribution < 1.29 is 14.3 Å². The Labute approximate surface area is 119 Å². The fraction of sp³-hybridized carbons (Fsp3) is 0.533. The van der Waals surface area contributed by atoms with Gasteiger partial charge in [-0.3, -0.25) is 0 Å². The average molecular weight is 285 g/mol. The molecule has 0 amide bonds. The Hall–Kier alpha value is -1.22. The van der Waals surface area contributed by atoms with Crippen molar-refractivity contribution in [2.24, 2.45) is 0 Å². The van der Waals surface area contributed by atoms with Gasteiger partial charge in [0.15, 0.2) is 0 Å². The van der Waals surface area contributed by atoms with Crippen LogP contribution in [0.1, 0.15) is 50.5 Å². The van der Waals surface area contributed by atoms with Gasteiger partial charge >= 0.3 is 5.97 Å². The molecular formula is C15H21ClO3. The van der Waals surface area contributed by atoms with E-state index < -0.39 is 5.97 Å². The van der Waals surface area contributed by atoms with Crippen molar-refractivity contribution >= 4 is 17.6 Å². The van der Waals surface area contributed by atoms with Crippen LogP contribution in [0.2, 0.25) is 5.02 Å². The normalized spacial score (nSPS) is 11.6. The summed E-state index contributed by atoms with van der Waals surface area (Å²) in [6.45, 7) is 10.0. The molecule has 19 heavy (non-hydrogen) atoms. The third kappa shape index (κ3) is 3.87. The van der Waals surface area contributed by atoms with Crippen LogP contribution in [0, 0.1) is 0 Å². The van der Waals surface area contributed by atoms with Crippen molar-refractivity contribution in [3.63, 3.8) is 0 Å². The number of rotatable bonds is 3. The van der Waals surface area contributed by atoms with Crippen LogP contribution in [-0.2, 0) is 10.2 Å². The van der Waals surface area contributed by atoms with Crippen LogP contribution >= 0.6 is 11.6 Å². The van der Waals surface area contributed by atoms with Crippen molar-refractivity contribution in [2.75, 3.05) is 7.11 Å². The molecule has 0 spiro atoms. The highest BCUT2D eigenvalue weighted by molar-refractivity contribution is 6.35. The molecule has 0 bridgehead atoms. The SMILES string of the molecule is COC(=O)c1cc(C(C)(C)C)cc(OC(C)C)c1Cl. The first kappa shape index (κ1) is 15.8. The maximum Gasteiger partial charge on any atom is 0.339 e. The molecule has 0 fully saturated rings.